The number of phenolic OH excluding ortho intramolecular Hbond substituents is 1. The second-order valence-electron chi connectivity index (χ2n) is 4.04. The minimum atomic E-state index is -4.56. The third-order valence-corrected chi connectivity index (χ3v) is 3.64. The lowest BCUT2D eigenvalue weighted by Gasteiger charge is -2.11. The molecule has 0 aliphatic carbocycles. The van der Waals surface area contributed by atoms with Gasteiger partial charge >= 0.3 is 0 Å². The van der Waals surface area contributed by atoms with Crippen molar-refractivity contribution in [3.8, 4) is 5.75 Å². The van der Waals surface area contributed by atoms with E-state index in [4.69, 9.17) is 5.73 Å². The summed E-state index contributed by atoms with van der Waals surface area (Å²) in [5.74, 6) is -1.03. The molecule has 2 rings (SSSR count). The number of carbonyl (C=O) groups excluding carboxylic acids is 1. The molecule has 0 spiro atoms. The van der Waals surface area contributed by atoms with Crippen molar-refractivity contribution in [2.24, 2.45) is 5.73 Å². The molecule has 19 heavy (non-hydrogen) atoms. The Morgan fingerprint density at radius 1 is 1.21 bits per heavy atom. The zero-order valence-corrected chi connectivity index (χ0v) is 10.5. The first-order valence-electron chi connectivity index (χ1n) is 5.30. The zero-order valence-electron chi connectivity index (χ0n) is 9.70. The second-order valence-corrected chi connectivity index (χ2v) is 5.43. The summed E-state index contributed by atoms with van der Waals surface area (Å²) in [6.45, 7) is 0. The normalized spacial score (nSPS) is 11.6. The smallest absolute Gasteiger partial charge is 0.294 e. The molecule has 0 atom stereocenters. The quantitative estimate of drug-likeness (QED) is 0.720. The Hall–Kier alpha value is -2.12. The van der Waals surface area contributed by atoms with Crippen LogP contribution in [0.4, 0.5) is 0 Å². The Labute approximate surface area is 109 Å². The highest BCUT2D eigenvalue weighted by atomic mass is 32.2. The predicted molar refractivity (Wildman–Crippen MR) is 68.3 cm³/mol. The number of phenols is 1. The summed E-state index contributed by atoms with van der Waals surface area (Å²) in [6, 6.07) is 7.31. The number of amides is 1. The monoisotopic (exact) mass is 281 g/mol. The van der Waals surface area contributed by atoms with E-state index in [0.29, 0.717) is 10.8 Å². The lowest BCUT2D eigenvalue weighted by molar-refractivity contribution is -0.117. The number of primary amides is 1. The first-order valence-corrected chi connectivity index (χ1v) is 6.74. The third-order valence-electron chi connectivity index (χ3n) is 2.72. The van der Waals surface area contributed by atoms with Gasteiger partial charge in [0, 0.05) is 11.5 Å². The van der Waals surface area contributed by atoms with Gasteiger partial charge in [0.05, 0.1) is 6.42 Å². The molecule has 0 bridgehead atoms. The Bertz CT molecular complexity index is 767. The number of aromatic hydroxyl groups is 1. The Morgan fingerprint density at radius 3 is 2.32 bits per heavy atom. The van der Waals surface area contributed by atoms with Crippen molar-refractivity contribution in [1.82, 2.24) is 0 Å². The van der Waals surface area contributed by atoms with Crippen LogP contribution in [0, 0.1) is 0 Å². The second kappa shape index (κ2) is 4.52. The lowest BCUT2D eigenvalue weighted by Crippen LogP contribution is -2.16. The van der Waals surface area contributed by atoms with E-state index in [1.165, 1.54) is 0 Å². The number of benzene rings is 2. The van der Waals surface area contributed by atoms with Gasteiger partial charge in [0.1, 0.15) is 10.6 Å². The minimum Gasteiger partial charge on any atom is -0.507 e. The van der Waals surface area contributed by atoms with Crippen molar-refractivity contribution in [2.45, 2.75) is 11.3 Å². The molecular formula is C12H11NO5S. The van der Waals surface area contributed by atoms with Gasteiger partial charge < -0.3 is 10.8 Å². The van der Waals surface area contributed by atoms with E-state index >= 15 is 0 Å². The Kier molecular flexibility index (Phi) is 3.17. The van der Waals surface area contributed by atoms with Crippen molar-refractivity contribution in [2.75, 3.05) is 0 Å². The van der Waals surface area contributed by atoms with Crippen LogP contribution in [-0.2, 0) is 21.3 Å². The molecule has 0 saturated heterocycles. The summed E-state index contributed by atoms with van der Waals surface area (Å²) >= 11 is 0. The van der Waals surface area contributed by atoms with Crippen LogP contribution in [0.25, 0.3) is 10.8 Å². The molecule has 0 heterocycles. The number of carbonyl (C=O) groups is 1. The maximum atomic E-state index is 11.3. The highest BCUT2D eigenvalue weighted by molar-refractivity contribution is 7.85. The number of hydrogen-bond acceptors (Lipinski definition) is 4. The molecular weight excluding hydrogens is 270 g/mol. The van der Waals surface area contributed by atoms with E-state index in [2.05, 4.69) is 0 Å². The fraction of sp³-hybridized carbons (Fsp3) is 0.0833. The first-order chi connectivity index (χ1) is 8.80. The first kappa shape index (κ1) is 13.3. The van der Waals surface area contributed by atoms with Crippen LogP contribution >= 0.6 is 0 Å². The maximum Gasteiger partial charge on any atom is 0.294 e. The van der Waals surface area contributed by atoms with E-state index in [0.717, 1.165) is 6.07 Å². The van der Waals surface area contributed by atoms with E-state index in [-0.39, 0.29) is 17.7 Å². The van der Waals surface area contributed by atoms with Crippen LogP contribution in [0.2, 0.25) is 0 Å². The summed E-state index contributed by atoms with van der Waals surface area (Å²) in [6.07, 6.45) is -0.351. The average molecular weight is 281 g/mol. The molecule has 0 unspecified atom stereocenters. The average Bonchev–Trinajstić information content (AvgIpc) is 2.31. The molecule has 2 aromatic rings. The van der Waals surface area contributed by atoms with E-state index in [1.54, 1.807) is 24.3 Å². The SMILES string of the molecule is NC(=O)Cc1c(S(=O)(=O)O)cc(O)c2ccccc12. The molecule has 0 radical (unpaired) electrons. The van der Waals surface area contributed by atoms with Gasteiger partial charge in [-0.1, -0.05) is 24.3 Å². The summed E-state index contributed by atoms with van der Waals surface area (Å²) < 4.78 is 31.8. The van der Waals surface area contributed by atoms with E-state index in [1.807, 2.05) is 0 Å². The van der Waals surface area contributed by atoms with Crippen LogP contribution in [0.1, 0.15) is 5.56 Å². The predicted octanol–water partition coefficient (Wildman–Crippen LogP) is 0.820. The van der Waals surface area contributed by atoms with Crippen molar-refractivity contribution in [3.63, 3.8) is 0 Å². The molecule has 0 aliphatic rings. The number of fused-ring (bicyclic) bond motifs is 1. The number of hydrogen-bond donors (Lipinski definition) is 3. The van der Waals surface area contributed by atoms with Gasteiger partial charge in [0.2, 0.25) is 5.91 Å². The number of nitrogens with two attached hydrogens (primary N) is 1. The maximum absolute atomic E-state index is 11.3. The minimum absolute atomic E-state index is 0.0726. The summed E-state index contributed by atoms with van der Waals surface area (Å²) in [5.41, 5.74) is 5.16. The van der Waals surface area contributed by atoms with Crippen LogP contribution in [0.15, 0.2) is 35.2 Å². The molecule has 0 aromatic heterocycles. The molecule has 7 heteroatoms. The molecule has 0 saturated carbocycles. The van der Waals surface area contributed by atoms with Crippen molar-refractivity contribution in [3.05, 3.63) is 35.9 Å². The van der Waals surface area contributed by atoms with Gasteiger partial charge in [0.25, 0.3) is 10.1 Å². The molecule has 0 aliphatic heterocycles. The molecule has 1 amide bonds. The van der Waals surface area contributed by atoms with Crippen LogP contribution < -0.4 is 5.73 Å². The van der Waals surface area contributed by atoms with Gasteiger partial charge in [-0.05, 0) is 10.9 Å². The van der Waals surface area contributed by atoms with E-state index < -0.39 is 20.9 Å². The van der Waals surface area contributed by atoms with Crippen molar-refractivity contribution in [1.29, 1.82) is 0 Å². The van der Waals surface area contributed by atoms with Gasteiger partial charge in [-0.15, -0.1) is 0 Å². The molecule has 2 aromatic carbocycles. The van der Waals surface area contributed by atoms with Gasteiger partial charge in [-0.25, -0.2) is 0 Å². The molecule has 4 N–H and O–H groups in total. The van der Waals surface area contributed by atoms with Crippen LogP contribution in [0.5, 0.6) is 5.75 Å². The standard InChI is InChI=1S/C12H11NO5S/c13-12(15)5-9-7-3-1-2-4-8(7)10(14)6-11(9)19(16,17)18/h1-4,6,14H,5H2,(H2,13,15)(H,16,17,18). The van der Waals surface area contributed by atoms with Crippen molar-refractivity contribution < 1.29 is 22.9 Å². The van der Waals surface area contributed by atoms with E-state index in [9.17, 15) is 22.9 Å². The van der Waals surface area contributed by atoms with Crippen molar-refractivity contribution >= 4 is 26.8 Å². The van der Waals surface area contributed by atoms with Crippen LogP contribution in [-0.4, -0.2) is 24.0 Å². The largest absolute Gasteiger partial charge is 0.507 e. The van der Waals surface area contributed by atoms with Crippen LogP contribution in [0.3, 0.4) is 0 Å². The van der Waals surface area contributed by atoms with Gasteiger partial charge in [-0.2, -0.15) is 8.42 Å². The summed E-state index contributed by atoms with van der Waals surface area (Å²) in [7, 11) is -4.56. The van der Waals surface area contributed by atoms with Gasteiger partial charge in [-0.3, -0.25) is 9.35 Å². The highest BCUT2D eigenvalue weighted by Crippen LogP contribution is 2.33. The summed E-state index contributed by atoms with van der Waals surface area (Å²) in [4.78, 5) is 10.5. The Morgan fingerprint density at radius 2 is 1.79 bits per heavy atom. The fourth-order valence-electron chi connectivity index (χ4n) is 1.98. The van der Waals surface area contributed by atoms with Gasteiger partial charge in [0.15, 0.2) is 0 Å². The topological polar surface area (TPSA) is 118 Å². The number of rotatable bonds is 3. The fourth-order valence-corrected chi connectivity index (χ4v) is 2.73. The molecule has 6 nitrogen and oxygen atoms in total. The molecule has 0 fully saturated rings. The molecule has 100 valence electrons. The lowest BCUT2D eigenvalue weighted by atomic mass is 10.0. The third kappa shape index (κ3) is 2.51. The Balaban J connectivity index is 2.92. The zero-order chi connectivity index (χ0) is 14.2. The summed E-state index contributed by atoms with van der Waals surface area (Å²) in [5, 5.41) is 10.5. The highest BCUT2D eigenvalue weighted by Gasteiger charge is 2.21.